The molecule has 0 bridgehead atoms. The van der Waals surface area contributed by atoms with Gasteiger partial charge in [-0.2, -0.15) is 5.10 Å². The third-order valence-electron chi connectivity index (χ3n) is 7.44. The molecule has 36 heavy (non-hydrogen) atoms. The average Bonchev–Trinajstić information content (AvgIpc) is 3.37. The SMILES string of the molecule is Cc1cccc(CC(=O)N2Cc3c(NC(=O)c4ccc(N5CCN(C)CC5)cc4)n[nH]c3C2(C)C)c1. The number of likely N-dealkylation sites (N-methyl/N-ethyl adjacent to an activating group) is 1. The number of fused-ring (bicyclic) bond motifs is 1. The van der Waals surface area contributed by atoms with Gasteiger partial charge in [-0.3, -0.25) is 14.7 Å². The molecule has 0 unspecified atom stereocenters. The van der Waals surface area contributed by atoms with Crippen molar-refractivity contribution in [3.05, 3.63) is 76.5 Å². The van der Waals surface area contributed by atoms with Crippen LogP contribution < -0.4 is 10.2 Å². The van der Waals surface area contributed by atoms with E-state index >= 15 is 0 Å². The maximum absolute atomic E-state index is 13.2. The van der Waals surface area contributed by atoms with Crippen LogP contribution in [0.25, 0.3) is 0 Å². The number of anilines is 2. The van der Waals surface area contributed by atoms with Crippen molar-refractivity contribution >= 4 is 23.3 Å². The van der Waals surface area contributed by atoms with Gasteiger partial charge in [0.25, 0.3) is 5.91 Å². The second kappa shape index (κ2) is 9.43. The fourth-order valence-corrected chi connectivity index (χ4v) is 5.18. The largest absolute Gasteiger partial charge is 0.369 e. The first-order valence-corrected chi connectivity index (χ1v) is 12.5. The number of amides is 2. The molecule has 2 aliphatic rings. The van der Waals surface area contributed by atoms with Crippen LogP contribution >= 0.6 is 0 Å². The van der Waals surface area contributed by atoms with Gasteiger partial charge >= 0.3 is 0 Å². The molecule has 2 aliphatic heterocycles. The van der Waals surface area contributed by atoms with Gasteiger partial charge in [0.1, 0.15) is 0 Å². The van der Waals surface area contributed by atoms with Gasteiger partial charge < -0.3 is 20.0 Å². The van der Waals surface area contributed by atoms with Crippen LogP contribution in [0, 0.1) is 6.92 Å². The Balaban J connectivity index is 1.27. The van der Waals surface area contributed by atoms with Gasteiger partial charge in [-0.15, -0.1) is 0 Å². The highest BCUT2D eigenvalue weighted by Crippen LogP contribution is 2.41. The Morgan fingerprint density at radius 3 is 2.47 bits per heavy atom. The minimum Gasteiger partial charge on any atom is -0.369 e. The zero-order valence-electron chi connectivity index (χ0n) is 21.5. The number of aromatic nitrogens is 2. The highest BCUT2D eigenvalue weighted by Gasteiger charge is 2.43. The van der Waals surface area contributed by atoms with Gasteiger partial charge in [-0.1, -0.05) is 29.8 Å². The number of carbonyl (C=O) groups is 2. The highest BCUT2D eigenvalue weighted by molar-refractivity contribution is 6.04. The van der Waals surface area contributed by atoms with Gasteiger partial charge in [0.15, 0.2) is 5.82 Å². The summed E-state index contributed by atoms with van der Waals surface area (Å²) in [5.74, 6) is 0.320. The topological polar surface area (TPSA) is 84.6 Å². The first-order valence-electron chi connectivity index (χ1n) is 12.5. The first-order chi connectivity index (χ1) is 17.2. The molecule has 1 aromatic heterocycles. The van der Waals surface area contributed by atoms with Crippen molar-refractivity contribution in [2.45, 2.75) is 39.3 Å². The molecule has 188 valence electrons. The number of rotatable bonds is 5. The predicted octanol–water partition coefficient (Wildman–Crippen LogP) is 3.54. The summed E-state index contributed by atoms with van der Waals surface area (Å²) in [6, 6.07) is 15.8. The van der Waals surface area contributed by atoms with Crippen molar-refractivity contribution < 1.29 is 9.59 Å². The quantitative estimate of drug-likeness (QED) is 0.576. The van der Waals surface area contributed by atoms with E-state index in [2.05, 4.69) is 32.4 Å². The second-order valence-corrected chi connectivity index (χ2v) is 10.4. The van der Waals surface area contributed by atoms with E-state index in [-0.39, 0.29) is 11.8 Å². The Kier molecular flexibility index (Phi) is 6.30. The lowest BCUT2D eigenvalue weighted by Crippen LogP contribution is -2.44. The molecular weight excluding hydrogens is 452 g/mol. The molecule has 3 heterocycles. The number of hydrogen-bond donors (Lipinski definition) is 2. The normalized spacial score (nSPS) is 17.2. The lowest BCUT2D eigenvalue weighted by Gasteiger charge is -2.34. The number of nitrogens with zero attached hydrogens (tertiary/aromatic N) is 4. The maximum atomic E-state index is 13.2. The smallest absolute Gasteiger partial charge is 0.256 e. The Labute approximate surface area is 212 Å². The van der Waals surface area contributed by atoms with Gasteiger partial charge in [0, 0.05) is 43.0 Å². The number of piperazine rings is 1. The molecular formula is C28H34N6O2. The Morgan fingerprint density at radius 1 is 1.06 bits per heavy atom. The van der Waals surface area contributed by atoms with Crippen molar-refractivity contribution in [1.82, 2.24) is 20.0 Å². The summed E-state index contributed by atoms with van der Waals surface area (Å²) < 4.78 is 0. The molecule has 0 radical (unpaired) electrons. The standard InChI is InChI=1S/C28H34N6O2/c1-19-6-5-7-20(16-19)17-24(35)34-18-23-25(28(34,2)3)30-31-26(23)29-27(36)21-8-10-22(11-9-21)33-14-12-32(4)13-15-33/h5-11,16H,12-15,17-18H2,1-4H3,(H2,29,30,31,36). The van der Waals surface area contributed by atoms with E-state index in [1.54, 1.807) is 0 Å². The fourth-order valence-electron chi connectivity index (χ4n) is 5.18. The van der Waals surface area contributed by atoms with Crippen molar-refractivity contribution in [1.29, 1.82) is 0 Å². The van der Waals surface area contributed by atoms with Gasteiger partial charge in [-0.25, -0.2) is 0 Å². The molecule has 0 saturated carbocycles. The van der Waals surface area contributed by atoms with Crippen molar-refractivity contribution in [2.75, 3.05) is 43.4 Å². The molecule has 2 amide bonds. The van der Waals surface area contributed by atoms with Gasteiger partial charge in [0.05, 0.1) is 24.2 Å². The summed E-state index contributed by atoms with van der Waals surface area (Å²) in [7, 11) is 2.14. The lowest BCUT2D eigenvalue weighted by molar-refractivity contribution is -0.135. The van der Waals surface area contributed by atoms with Crippen LogP contribution in [0.3, 0.4) is 0 Å². The number of aryl methyl sites for hydroxylation is 1. The summed E-state index contributed by atoms with van der Waals surface area (Å²) >= 11 is 0. The minimum absolute atomic E-state index is 0.0481. The monoisotopic (exact) mass is 486 g/mol. The van der Waals surface area contributed by atoms with Crippen molar-refractivity contribution in [3.63, 3.8) is 0 Å². The Morgan fingerprint density at radius 2 is 1.78 bits per heavy atom. The minimum atomic E-state index is -0.545. The number of H-pyrrole nitrogens is 1. The number of benzene rings is 2. The molecule has 2 aromatic carbocycles. The highest BCUT2D eigenvalue weighted by atomic mass is 16.2. The molecule has 1 fully saturated rings. The molecule has 8 nitrogen and oxygen atoms in total. The zero-order valence-corrected chi connectivity index (χ0v) is 21.5. The molecule has 1 saturated heterocycles. The molecule has 3 aromatic rings. The summed E-state index contributed by atoms with van der Waals surface area (Å²) in [5, 5.41) is 10.4. The van der Waals surface area contributed by atoms with Crippen LogP contribution in [0.4, 0.5) is 11.5 Å². The third kappa shape index (κ3) is 4.60. The Bertz CT molecular complexity index is 1270. The van der Waals surface area contributed by atoms with E-state index in [0.717, 1.165) is 54.3 Å². The molecule has 0 spiro atoms. The summed E-state index contributed by atoms with van der Waals surface area (Å²) in [4.78, 5) is 32.8. The molecule has 0 aliphatic carbocycles. The molecule has 8 heteroatoms. The molecule has 2 N–H and O–H groups in total. The Hall–Kier alpha value is -3.65. The van der Waals surface area contributed by atoms with E-state index in [9.17, 15) is 9.59 Å². The van der Waals surface area contributed by atoms with Gasteiger partial charge in [-0.05, 0) is 57.6 Å². The second-order valence-electron chi connectivity index (χ2n) is 10.4. The van der Waals surface area contributed by atoms with E-state index in [0.29, 0.717) is 24.3 Å². The number of carbonyl (C=O) groups excluding carboxylic acids is 2. The van der Waals surface area contributed by atoms with Crippen LogP contribution in [0.2, 0.25) is 0 Å². The average molecular weight is 487 g/mol. The van der Waals surface area contributed by atoms with E-state index in [4.69, 9.17) is 0 Å². The number of aromatic amines is 1. The predicted molar refractivity (Wildman–Crippen MR) is 141 cm³/mol. The molecule has 5 rings (SSSR count). The van der Waals surface area contributed by atoms with Crippen LogP contribution in [0.15, 0.2) is 48.5 Å². The van der Waals surface area contributed by atoms with Crippen molar-refractivity contribution in [2.24, 2.45) is 0 Å². The number of nitrogens with one attached hydrogen (secondary N) is 2. The zero-order chi connectivity index (χ0) is 25.4. The summed E-state index contributed by atoms with van der Waals surface area (Å²) in [5.41, 5.74) is 5.02. The summed E-state index contributed by atoms with van der Waals surface area (Å²) in [6.07, 6.45) is 0.337. The van der Waals surface area contributed by atoms with E-state index < -0.39 is 5.54 Å². The fraction of sp³-hybridized carbons (Fsp3) is 0.393. The third-order valence-corrected chi connectivity index (χ3v) is 7.44. The number of hydrogen-bond acceptors (Lipinski definition) is 5. The first kappa shape index (κ1) is 24.1. The maximum Gasteiger partial charge on any atom is 0.256 e. The van der Waals surface area contributed by atoms with Crippen LogP contribution in [-0.2, 0) is 23.3 Å². The van der Waals surface area contributed by atoms with E-state index in [1.165, 1.54) is 0 Å². The van der Waals surface area contributed by atoms with Gasteiger partial charge in [0.2, 0.25) is 5.91 Å². The van der Waals surface area contributed by atoms with Crippen LogP contribution in [0.5, 0.6) is 0 Å². The lowest BCUT2D eigenvalue weighted by atomic mass is 9.99. The van der Waals surface area contributed by atoms with Crippen molar-refractivity contribution in [3.8, 4) is 0 Å². The van der Waals surface area contributed by atoms with E-state index in [1.807, 2.05) is 74.2 Å². The molecule has 0 atom stereocenters. The summed E-state index contributed by atoms with van der Waals surface area (Å²) in [6.45, 7) is 10.5. The van der Waals surface area contributed by atoms with Crippen LogP contribution in [0.1, 0.15) is 46.6 Å². The van der Waals surface area contributed by atoms with Crippen LogP contribution in [-0.4, -0.2) is 65.0 Å².